The van der Waals surface area contributed by atoms with E-state index in [0.717, 1.165) is 0 Å². The lowest BCUT2D eigenvalue weighted by Gasteiger charge is -2.09. The average Bonchev–Trinajstić information content (AvgIpc) is 2.33. The molecule has 0 spiro atoms. The Labute approximate surface area is 108 Å². The zero-order valence-electron chi connectivity index (χ0n) is 10.1. The Kier molecular flexibility index (Phi) is 5.52. The number of nitrogens with zero attached hydrogens (tertiary/aromatic N) is 2. The first kappa shape index (κ1) is 14.9. The van der Waals surface area contributed by atoms with E-state index >= 15 is 0 Å². The van der Waals surface area contributed by atoms with Gasteiger partial charge in [0.15, 0.2) is 0 Å². The zero-order valence-corrected chi connectivity index (χ0v) is 11.0. The molecule has 1 heterocycles. The Morgan fingerprint density at radius 3 is 2.50 bits per heavy atom. The SMILES string of the molecule is CCc1nc(NC)cc(NCCSC(F)(F)F)n1. The van der Waals surface area contributed by atoms with Gasteiger partial charge in [-0.1, -0.05) is 6.92 Å². The summed E-state index contributed by atoms with van der Waals surface area (Å²) in [4.78, 5) is 8.37. The van der Waals surface area contributed by atoms with E-state index in [-0.39, 0.29) is 24.1 Å². The lowest BCUT2D eigenvalue weighted by Crippen LogP contribution is -2.11. The molecule has 1 aromatic rings. The Hall–Kier alpha value is -1.18. The molecule has 0 saturated heterocycles. The van der Waals surface area contributed by atoms with Gasteiger partial charge < -0.3 is 10.6 Å². The standard InChI is InChI=1S/C10H15F3N4S/c1-3-7-16-8(14-2)6-9(17-7)15-4-5-18-10(11,12)13/h6H,3-5H2,1-2H3,(H2,14,15,16,17). The van der Waals surface area contributed by atoms with Gasteiger partial charge in [-0.05, 0) is 11.8 Å². The van der Waals surface area contributed by atoms with Gasteiger partial charge in [-0.25, -0.2) is 9.97 Å². The molecule has 0 unspecified atom stereocenters. The minimum atomic E-state index is -4.18. The smallest absolute Gasteiger partial charge is 0.373 e. The minimum absolute atomic E-state index is 0.0488. The molecular formula is C10H15F3N4S. The number of aromatic nitrogens is 2. The number of aryl methyl sites for hydroxylation is 1. The summed E-state index contributed by atoms with van der Waals surface area (Å²) in [7, 11) is 1.73. The molecule has 0 radical (unpaired) electrons. The van der Waals surface area contributed by atoms with Crippen molar-refractivity contribution in [3.63, 3.8) is 0 Å². The zero-order chi connectivity index (χ0) is 13.6. The number of anilines is 2. The van der Waals surface area contributed by atoms with Gasteiger partial charge in [-0.15, -0.1) is 0 Å². The summed E-state index contributed by atoms with van der Waals surface area (Å²) in [6, 6.07) is 1.66. The second-order valence-electron chi connectivity index (χ2n) is 3.38. The van der Waals surface area contributed by atoms with Crippen molar-refractivity contribution < 1.29 is 13.2 Å². The molecule has 0 amide bonds. The predicted octanol–water partition coefficient (Wildman–Crippen LogP) is 2.75. The van der Waals surface area contributed by atoms with Gasteiger partial charge in [0.25, 0.3) is 0 Å². The molecule has 0 fully saturated rings. The number of halogens is 3. The van der Waals surface area contributed by atoms with Crippen molar-refractivity contribution in [1.82, 2.24) is 9.97 Å². The summed E-state index contributed by atoms with van der Waals surface area (Å²) in [5.41, 5.74) is -4.18. The number of hydrogen-bond donors (Lipinski definition) is 2. The molecule has 8 heteroatoms. The van der Waals surface area contributed by atoms with E-state index in [0.29, 0.717) is 23.9 Å². The van der Waals surface area contributed by atoms with Crippen molar-refractivity contribution >= 4 is 23.4 Å². The molecule has 2 N–H and O–H groups in total. The maximum Gasteiger partial charge on any atom is 0.441 e. The van der Waals surface area contributed by atoms with Crippen LogP contribution in [-0.4, -0.2) is 34.8 Å². The second kappa shape index (κ2) is 6.67. The highest BCUT2D eigenvalue weighted by Gasteiger charge is 2.27. The normalized spacial score (nSPS) is 11.4. The van der Waals surface area contributed by atoms with Crippen LogP contribution in [0.2, 0.25) is 0 Å². The molecule has 102 valence electrons. The molecule has 0 aliphatic rings. The van der Waals surface area contributed by atoms with Crippen molar-refractivity contribution in [2.45, 2.75) is 18.9 Å². The highest BCUT2D eigenvalue weighted by Crippen LogP contribution is 2.29. The van der Waals surface area contributed by atoms with E-state index < -0.39 is 5.51 Å². The first-order chi connectivity index (χ1) is 8.44. The van der Waals surface area contributed by atoms with Crippen LogP contribution in [0.1, 0.15) is 12.7 Å². The highest BCUT2D eigenvalue weighted by molar-refractivity contribution is 8.00. The van der Waals surface area contributed by atoms with E-state index in [1.807, 2.05) is 6.92 Å². The summed E-state index contributed by atoms with van der Waals surface area (Å²) in [6.45, 7) is 2.12. The van der Waals surface area contributed by atoms with Crippen LogP contribution in [0, 0.1) is 0 Å². The van der Waals surface area contributed by atoms with E-state index in [1.165, 1.54) is 0 Å². The van der Waals surface area contributed by atoms with Crippen LogP contribution in [0.15, 0.2) is 6.07 Å². The maximum atomic E-state index is 11.9. The summed E-state index contributed by atoms with van der Waals surface area (Å²) >= 11 is -0.0488. The largest absolute Gasteiger partial charge is 0.441 e. The summed E-state index contributed by atoms with van der Waals surface area (Å²) in [6.07, 6.45) is 0.668. The van der Waals surface area contributed by atoms with E-state index in [2.05, 4.69) is 20.6 Å². The van der Waals surface area contributed by atoms with E-state index in [4.69, 9.17) is 0 Å². The third-order valence-electron chi connectivity index (χ3n) is 2.02. The van der Waals surface area contributed by atoms with Gasteiger partial charge in [0.1, 0.15) is 17.5 Å². The van der Waals surface area contributed by atoms with Crippen molar-refractivity contribution in [2.24, 2.45) is 0 Å². The molecule has 0 aliphatic carbocycles. The van der Waals surface area contributed by atoms with Crippen LogP contribution in [0.3, 0.4) is 0 Å². The molecule has 0 bridgehead atoms. The summed E-state index contributed by atoms with van der Waals surface area (Å²) in [5, 5.41) is 5.74. The molecule has 18 heavy (non-hydrogen) atoms. The maximum absolute atomic E-state index is 11.9. The molecule has 0 aromatic carbocycles. The van der Waals surface area contributed by atoms with Gasteiger partial charge in [-0.3, -0.25) is 0 Å². The van der Waals surface area contributed by atoms with Crippen molar-refractivity contribution in [3.8, 4) is 0 Å². The number of alkyl halides is 3. The van der Waals surface area contributed by atoms with Gasteiger partial charge in [0.2, 0.25) is 0 Å². The number of thioether (sulfide) groups is 1. The van der Waals surface area contributed by atoms with E-state index in [1.54, 1.807) is 13.1 Å². The lowest BCUT2D eigenvalue weighted by atomic mass is 10.4. The second-order valence-corrected chi connectivity index (χ2v) is 4.54. The molecule has 4 nitrogen and oxygen atoms in total. The van der Waals surface area contributed by atoms with Crippen LogP contribution in [0.5, 0.6) is 0 Å². The van der Waals surface area contributed by atoms with Crippen LogP contribution in [-0.2, 0) is 6.42 Å². The Bertz CT molecular complexity index is 362. The van der Waals surface area contributed by atoms with Gasteiger partial charge in [0.05, 0.1) is 0 Å². The predicted molar refractivity (Wildman–Crippen MR) is 68.0 cm³/mol. The summed E-state index contributed by atoms with van der Waals surface area (Å²) in [5.74, 6) is 1.78. The van der Waals surface area contributed by atoms with E-state index in [9.17, 15) is 13.2 Å². The van der Waals surface area contributed by atoms with Crippen LogP contribution in [0.25, 0.3) is 0 Å². The average molecular weight is 280 g/mol. The fraction of sp³-hybridized carbons (Fsp3) is 0.600. The lowest BCUT2D eigenvalue weighted by molar-refractivity contribution is -0.0327. The summed E-state index contributed by atoms with van der Waals surface area (Å²) < 4.78 is 35.8. The third-order valence-corrected chi connectivity index (χ3v) is 2.75. The van der Waals surface area contributed by atoms with Crippen LogP contribution in [0.4, 0.5) is 24.8 Å². The number of rotatable bonds is 6. The van der Waals surface area contributed by atoms with Crippen molar-refractivity contribution in [1.29, 1.82) is 0 Å². The molecule has 0 saturated carbocycles. The molecule has 0 aliphatic heterocycles. The Morgan fingerprint density at radius 2 is 1.94 bits per heavy atom. The highest BCUT2D eigenvalue weighted by atomic mass is 32.2. The Morgan fingerprint density at radius 1 is 1.28 bits per heavy atom. The first-order valence-corrected chi connectivity index (χ1v) is 6.43. The quantitative estimate of drug-likeness (QED) is 0.785. The van der Waals surface area contributed by atoms with Crippen molar-refractivity contribution in [2.75, 3.05) is 30.0 Å². The number of nitrogens with one attached hydrogen (secondary N) is 2. The van der Waals surface area contributed by atoms with Crippen molar-refractivity contribution in [3.05, 3.63) is 11.9 Å². The number of hydrogen-bond acceptors (Lipinski definition) is 5. The van der Waals surface area contributed by atoms with Gasteiger partial charge in [0, 0.05) is 31.8 Å². The monoisotopic (exact) mass is 280 g/mol. The Balaban J connectivity index is 2.51. The fourth-order valence-electron chi connectivity index (χ4n) is 1.22. The van der Waals surface area contributed by atoms with Crippen LogP contribution < -0.4 is 10.6 Å². The minimum Gasteiger partial charge on any atom is -0.373 e. The first-order valence-electron chi connectivity index (χ1n) is 5.45. The molecular weight excluding hydrogens is 265 g/mol. The topological polar surface area (TPSA) is 49.8 Å². The van der Waals surface area contributed by atoms with Gasteiger partial charge in [-0.2, -0.15) is 13.2 Å². The molecule has 1 rings (SSSR count). The third kappa shape index (κ3) is 5.44. The molecule has 0 atom stereocenters. The molecule has 1 aromatic heterocycles. The van der Waals surface area contributed by atoms with Gasteiger partial charge >= 0.3 is 5.51 Å². The van der Waals surface area contributed by atoms with Crippen LogP contribution >= 0.6 is 11.8 Å². The fourth-order valence-corrected chi connectivity index (χ4v) is 1.66.